The number of hydrogen-bond acceptors (Lipinski definition) is 3. The monoisotopic (exact) mass is 152 g/mol. The fraction of sp³-hybridized carbons (Fsp3) is 0. The smallest absolute Gasteiger partial charge is 0.180 e. The number of nitrogen functional groups attached to an aromatic ring is 1. The second kappa shape index (κ2) is 3.17. The Balaban J connectivity index is 2.75. The molecule has 1 aromatic heterocycles. The van der Waals surface area contributed by atoms with Crippen molar-refractivity contribution in [3.05, 3.63) is 29.8 Å². The lowest BCUT2D eigenvalue weighted by Crippen LogP contribution is -1.80. The second-order valence-electron chi connectivity index (χ2n) is 1.71. The highest BCUT2D eigenvalue weighted by molar-refractivity contribution is 7.13. The topological polar surface area (TPSA) is 38.9 Å². The molecule has 52 valence electrons. The maximum atomic E-state index is 5.40. The van der Waals surface area contributed by atoms with E-state index in [4.69, 9.17) is 5.73 Å². The van der Waals surface area contributed by atoms with Crippen LogP contribution in [0.5, 0.6) is 0 Å². The number of rotatable bonds is 2. The normalized spacial score (nSPS) is 10.4. The van der Waals surface area contributed by atoms with Crippen LogP contribution in [0.15, 0.2) is 24.1 Å². The van der Waals surface area contributed by atoms with Crippen molar-refractivity contribution in [1.82, 2.24) is 4.98 Å². The molecule has 0 aliphatic carbocycles. The summed E-state index contributed by atoms with van der Waals surface area (Å²) in [6.45, 7) is 3.54. The van der Waals surface area contributed by atoms with Crippen molar-refractivity contribution < 1.29 is 0 Å². The number of allylic oxidation sites excluding steroid dienone is 2. The van der Waals surface area contributed by atoms with E-state index >= 15 is 0 Å². The molecule has 1 heterocycles. The van der Waals surface area contributed by atoms with Gasteiger partial charge < -0.3 is 5.73 Å². The molecule has 0 saturated carbocycles. The number of thiazole rings is 1. The Morgan fingerprint density at radius 1 is 1.70 bits per heavy atom. The zero-order chi connectivity index (χ0) is 7.40. The molecule has 0 aliphatic heterocycles. The molecule has 0 aromatic carbocycles. The van der Waals surface area contributed by atoms with Gasteiger partial charge in [0.15, 0.2) is 5.13 Å². The van der Waals surface area contributed by atoms with E-state index in [-0.39, 0.29) is 0 Å². The Labute approximate surface area is 63.7 Å². The Bertz CT molecular complexity index is 250. The van der Waals surface area contributed by atoms with E-state index in [2.05, 4.69) is 11.6 Å². The van der Waals surface area contributed by atoms with Crippen molar-refractivity contribution in [2.24, 2.45) is 0 Å². The molecule has 0 aliphatic rings. The molecular weight excluding hydrogens is 144 g/mol. The van der Waals surface area contributed by atoms with Crippen LogP contribution in [-0.4, -0.2) is 4.98 Å². The third-order valence-electron chi connectivity index (χ3n) is 0.943. The summed E-state index contributed by atoms with van der Waals surface area (Å²) in [6, 6.07) is 0. The zero-order valence-electron chi connectivity index (χ0n) is 5.45. The molecule has 2 nitrogen and oxygen atoms in total. The number of nitrogens with two attached hydrogens (primary N) is 1. The molecule has 1 aromatic rings. The molecule has 0 radical (unpaired) electrons. The van der Waals surface area contributed by atoms with Crippen LogP contribution in [0.4, 0.5) is 5.13 Å². The van der Waals surface area contributed by atoms with E-state index in [1.165, 1.54) is 11.3 Å². The highest BCUT2D eigenvalue weighted by Crippen LogP contribution is 2.11. The maximum absolute atomic E-state index is 5.40. The number of aromatic nitrogens is 1. The fourth-order valence-corrected chi connectivity index (χ4v) is 1.07. The molecule has 0 spiro atoms. The van der Waals surface area contributed by atoms with Gasteiger partial charge in [0.1, 0.15) is 0 Å². The van der Waals surface area contributed by atoms with Gasteiger partial charge in [-0.2, -0.15) is 0 Å². The van der Waals surface area contributed by atoms with Gasteiger partial charge in [0.05, 0.1) is 5.69 Å². The molecule has 10 heavy (non-hydrogen) atoms. The van der Waals surface area contributed by atoms with Gasteiger partial charge in [0.25, 0.3) is 0 Å². The maximum Gasteiger partial charge on any atom is 0.180 e. The first kappa shape index (κ1) is 7.02. The van der Waals surface area contributed by atoms with Gasteiger partial charge in [-0.3, -0.25) is 0 Å². The van der Waals surface area contributed by atoms with E-state index in [0.29, 0.717) is 5.13 Å². The third-order valence-corrected chi connectivity index (χ3v) is 1.63. The average molecular weight is 152 g/mol. The minimum Gasteiger partial charge on any atom is -0.375 e. The first-order chi connectivity index (χ1) is 4.83. The van der Waals surface area contributed by atoms with E-state index in [1.807, 2.05) is 17.5 Å². The fourth-order valence-electron chi connectivity index (χ4n) is 0.544. The van der Waals surface area contributed by atoms with Crippen LogP contribution in [0.2, 0.25) is 0 Å². The van der Waals surface area contributed by atoms with Crippen molar-refractivity contribution in [2.45, 2.75) is 0 Å². The second-order valence-corrected chi connectivity index (χ2v) is 2.60. The van der Waals surface area contributed by atoms with Crippen LogP contribution in [-0.2, 0) is 0 Å². The van der Waals surface area contributed by atoms with Crippen LogP contribution in [0, 0.1) is 0 Å². The van der Waals surface area contributed by atoms with Gasteiger partial charge in [-0.1, -0.05) is 18.7 Å². The lowest BCUT2D eigenvalue weighted by molar-refractivity contribution is 1.39. The molecule has 0 saturated heterocycles. The molecule has 0 bridgehead atoms. The summed E-state index contributed by atoms with van der Waals surface area (Å²) in [4.78, 5) is 4.01. The van der Waals surface area contributed by atoms with E-state index in [1.54, 1.807) is 6.08 Å². The highest BCUT2D eigenvalue weighted by Gasteiger charge is 1.90. The van der Waals surface area contributed by atoms with Crippen LogP contribution < -0.4 is 5.73 Å². The molecule has 0 amide bonds. The predicted molar refractivity (Wildman–Crippen MR) is 45.8 cm³/mol. The van der Waals surface area contributed by atoms with Crippen molar-refractivity contribution in [3.8, 4) is 0 Å². The summed E-state index contributed by atoms with van der Waals surface area (Å²) in [5.41, 5.74) is 6.29. The average Bonchev–Trinajstić information content (AvgIpc) is 2.31. The molecule has 0 fully saturated rings. The lowest BCUT2D eigenvalue weighted by Gasteiger charge is -1.77. The Morgan fingerprint density at radius 3 is 3.00 bits per heavy atom. The standard InChI is InChI=1S/C7H8N2S/c1-2-3-4-6-5-10-7(8)9-6/h2-5H,1H2,(H2,8,9)/b4-3-. The van der Waals surface area contributed by atoms with Crippen LogP contribution in [0.3, 0.4) is 0 Å². The number of nitrogens with zero attached hydrogens (tertiary/aromatic N) is 1. The van der Waals surface area contributed by atoms with Crippen molar-refractivity contribution in [1.29, 1.82) is 0 Å². The summed E-state index contributed by atoms with van der Waals surface area (Å²) in [5, 5.41) is 2.50. The van der Waals surface area contributed by atoms with Crippen molar-refractivity contribution >= 4 is 22.5 Å². The molecule has 1 rings (SSSR count). The predicted octanol–water partition coefficient (Wildman–Crippen LogP) is 1.92. The minimum atomic E-state index is 0.601. The number of anilines is 1. The van der Waals surface area contributed by atoms with Crippen LogP contribution in [0.25, 0.3) is 6.08 Å². The molecular formula is C7H8N2S. The van der Waals surface area contributed by atoms with Crippen molar-refractivity contribution in [3.63, 3.8) is 0 Å². The van der Waals surface area contributed by atoms with Crippen LogP contribution in [0.1, 0.15) is 5.69 Å². The van der Waals surface area contributed by atoms with Gasteiger partial charge in [-0.05, 0) is 6.08 Å². The summed E-state index contributed by atoms with van der Waals surface area (Å²) in [7, 11) is 0. The third kappa shape index (κ3) is 1.70. The quantitative estimate of drug-likeness (QED) is 0.657. The van der Waals surface area contributed by atoms with Gasteiger partial charge >= 0.3 is 0 Å². The summed E-state index contributed by atoms with van der Waals surface area (Å²) < 4.78 is 0. The Kier molecular flexibility index (Phi) is 2.23. The van der Waals surface area contributed by atoms with Crippen molar-refractivity contribution in [2.75, 3.05) is 5.73 Å². The first-order valence-corrected chi connectivity index (χ1v) is 3.71. The summed E-state index contributed by atoms with van der Waals surface area (Å²) in [5.74, 6) is 0. The van der Waals surface area contributed by atoms with Gasteiger partial charge in [-0.25, -0.2) is 4.98 Å². The van der Waals surface area contributed by atoms with Gasteiger partial charge in [0, 0.05) is 5.38 Å². The van der Waals surface area contributed by atoms with E-state index < -0.39 is 0 Å². The molecule has 2 N–H and O–H groups in total. The first-order valence-electron chi connectivity index (χ1n) is 2.83. The van der Waals surface area contributed by atoms with E-state index in [9.17, 15) is 0 Å². The van der Waals surface area contributed by atoms with Gasteiger partial charge in [-0.15, -0.1) is 11.3 Å². The minimum absolute atomic E-state index is 0.601. The SMILES string of the molecule is C=C/C=C\c1csc(N)n1. The Morgan fingerprint density at radius 2 is 2.50 bits per heavy atom. The van der Waals surface area contributed by atoms with Gasteiger partial charge in [0.2, 0.25) is 0 Å². The Hall–Kier alpha value is -1.09. The largest absolute Gasteiger partial charge is 0.375 e. The molecule has 0 unspecified atom stereocenters. The zero-order valence-corrected chi connectivity index (χ0v) is 6.27. The molecule has 3 heteroatoms. The summed E-state index contributed by atoms with van der Waals surface area (Å²) >= 11 is 1.44. The van der Waals surface area contributed by atoms with E-state index in [0.717, 1.165) is 5.69 Å². The van der Waals surface area contributed by atoms with Crippen LogP contribution >= 0.6 is 11.3 Å². The molecule has 0 atom stereocenters. The highest BCUT2D eigenvalue weighted by atomic mass is 32.1. The number of hydrogen-bond donors (Lipinski definition) is 1. The summed E-state index contributed by atoms with van der Waals surface area (Å²) in [6.07, 6.45) is 5.39. The lowest BCUT2D eigenvalue weighted by atomic mass is 10.4.